The number of thioether (sulfide) groups is 1. The molecule has 2 amide bonds. The number of anilines is 2. The third-order valence-electron chi connectivity index (χ3n) is 5.56. The van der Waals surface area contributed by atoms with Crippen molar-refractivity contribution in [1.82, 2.24) is 0 Å². The van der Waals surface area contributed by atoms with Crippen molar-refractivity contribution >= 4 is 52.5 Å². The van der Waals surface area contributed by atoms with E-state index < -0.39 is 17.8 Å². The van der Waals surface area contributed by atoms with Crippen LogP contribution in [0.15, 0.2) is 88.3 Å². The molecule has 3 aromatic rings. The van der Waals surface area contributed by atoms with Crippen LogP contribution in [0.4, 0.5) is 11.4 Å². The summed E-state index contributed by atoms with van der Waals surface area (Å²) in [6.07, 6.45) is 1.71. The number of rotatable bonds is 9. The van der Waals surface area contributed by atoms with Crippen molar-refractivity contribution in [3.63, 3.8) is 0 Å². The van der Waals surface area contributed by atoms with Crippen LogP contribution in [-0.4, -0.2) is 24.4 Å². The number of hydrogen-bond acceptors (Lipinski definition) is 6. The van der Waals surface area contributed by atoms with Gasteiger partial charge in [-0.3, -0.25) is 9.59 Å². The lowest BCUT2D eigenvalue weighted by Gasteiger charge is -2.16. The van der Waals surface area contributed by atoms with E-state index in [0.29, 0.717) is 28.6 Å². The van der Waals surface area contributed by atoms with Gasteiger partial charge in [-0.2, -0.15) is 0 Å². The maximum absolute atomic E-state index is 13.6. The van der Waals surface area contributed by atoms with Crippen LogP contribution >= 0.6 is 23.4 Å². The number of nitrogens with one attached hydrogen (secondary N) is 1. The summed E-state index contributed by atoms with van der Waals surface area (Å²) in [5, 5.41) is 3.66. The highest BCUT2D eigenvalue weighted by atomic mass is 35.5. The minimum atomic E-state index is -0.490. The molecule has 0 radical (unpaired) electrons. The number of imide groups is 1. The molecule has 0 aliphatic carbocycles. The summed E-state index contributed by atoms with van der Waals surface area (Å²) in [6.45, 7) is 4.25. The zero-order chi connectivity index (χ0) is 25.7. The topological polar surface area (TPSA) is 75.7 Å². The average Bonchev–Trinajstić information content (AvgIpc) is 3.11. The highest BCUT2D eigenvalue weighted by Crippen LogP contribution is 2.38. The fraction of sp³-hybridized carbons (Fsp3) is 0.179. The lowest BCUT2D eigenvalue weighted by atomic mass is 10.2. The van der Waals surface area contributed by atoms with E-state index in [0.717, 1.165) is 28.2 Å². The summed E-state index contributed by atoms with van der Waals surface area (Å²) in [5.74, 6) is -1.38. The Hall–Kier alpha value is -3.55. The Labute approximate surface area is 219 Å². The number of hydrogen-bond donors (Lipinski definition) is 1. The molecule has 1 heterocycles. The Bertz CT molecular complexity index is 1320. The molecule has 3 aromatic carbocycles. The van der Waals surface area contributed by atoms with E-state index in [2.05, 4.69) is 5.32 Å². The van der Waals surface area contributed by atoms with Crippen LogP contribution in [0.5, 0.6) is 0 Å². The van der Waals surface area contributed by atoms with E-state index in [1.807, 2.05) is 50.2 Å². The molecule has 0 saturated heterocycles. The number of aryl methyl sites for hydroxylation is 1. The van der Waals surface area contributed by atoms with Crippen LogP contribution in [0.2, 0.25) is 5.02 Å². The van der Waals surface area contributed by atoms with E-state index >= 15 is 0 Å². The van der Waals surface area contributed by atoms with Gasteiger partial charge in [0.1, 0.15) is 10.6 Å². The van der Waals surface area contributed by atoms with Crippen LogP contribution in [0.25, 0.3) is 0 Å². The summed E-state index contributed by atoms with van der Waals surface area (Å²) < 4.78 is 5.25. The van der Waals surface area contributed by atoms with Crippen LogP contribution < -0.4 is 10.2 Å². The number of carbonyl (C=O) groups is 3. The highest BCUT2D eigenvalue weighted by molar-refractivity contribution is 8.04. The van der Waals surface area contributed by atoms with Crippen LogP contribution in [-0.2, 0) is 14.3 Å². The Morgan fingerprint density at radius 1 is 1.00 bits per heavy atom. The SMILES string of the molecule is CCCCOC(=O)c1ccc(N2C(=O)C(Nc3cc(Cl)ccc3C)=C(Sc3ccccc3)C2=O)cc1. The largest absolute Gasteiger partial charge is 0.462 e. The molecule has 1 aliphatic rings. The maximum atomic E-state index is 13.6. The Kier molecular flexibility index (Phi) is 8.13. The minimum absolute atomic E-state index is 0.169. The van der Waals surface area contributed by atoms with E-state index in [-0.39, 0.29) is 10.6 Å². The number of amides is 2. The van der Waals surface area contributed by atoms with E-state index in [1.54, 1.807) is 36.4 Å². The summed E-state index contributed by atoms with van der Waals surface area (Å²) in [7, 11) is 0. The quantitative estimate of drug-likeness (QED) is 0.195. The lowest BCUT2D eigenvalue weighted by molar-refractivity contribution is -0.120. The van der Waals surface area contributed by atoms with Gasteiger partial charge in [0.2, 0.25) is 0 Å². The molecular formula is C28H25ClN2O4S. The first kappa shape index (κ1) is 25.5. The number of carbonyl (C=O) groups excluding carboxylic acids is 3. The molecule has 0 unspecified atom stereocenters. The number of halogens is 1. The summed E-state index contributed by atoms with van der Waals surface area (Å²) in [5.41, 5.74) is 2.40. The standard InChI is InChI=1S/C28H25ClN2O4S/c1-3-4-16-35-28(34)19-11-14-21(15-12-19)31-26(32)24(30-23-17-20(29)13-10-18(23)2)25(27(31)33)36-22-8-6-5-7-9-22/h5-15,17,30H,3-4,16H2,1-2H3. The zero-order valence-electron chi connectivity index (χ0n) is 19.9. The number of benzene rings is 3. The van der Waals surface area contributed by atoms with Crippen molar-refractivity contribution in [2.24, 2.45) is 0 Å². The van der Waals surface area contributed by atoms with Gasteiger partial charge in [-0.25, -0.2) is 9.69 Å². The second-order valence-electron chi connectivity index (χ2n) is 8.19. The van der Waals surface area contributed by atoms with E-state index in [4.69, 9.17) is 16.3 Å². The predicted molar refractivity (Wildman–Crippen MR) is 143 cm³/mol. The lowest BCUT2D eigenvalue weighted by Crippen LogP contribution is -2.32. The first-order chi connectivity index (χ1) is 17.4. The third kappa shape index (κ3) is 5.64. The van der Waals surface area contributed by atoms with Crippen molar-refractivity contribution in [2.45, 2.75) is 31.6 Å². The predicted octanol–water partition coefficient (Wildman–Crippen LogP) is 6.59. The molecule has 0 bridgehead atoms. The van der Waals surface area contributed by atoms with Gasteiger partial charge in [0, 0.05) is 15.6 Å². The maximum Gasteiger partial charge on any atom is 0.338 e. The van der Waals surface area contributed by atoms with Crippen LogP contribution in [0, 0.1) is 6.92 Å². The van der Waals surface area contributed by atoms with Crippen LogP contribution in [0.1, 0.15) is 35.7 Å². The van der Waals surface area contributed by atoms with Crippen molar-refractivity contribution in [1.29, 1.82) is 0 Å². The molecular weight excluding hydrogens is 496 g/mol. The highest BCUT2D eigenvalue weighted by Gasteiger charge is 2.40. The molecule has 0 saturated carbocycles. The van der Waals surface area contributed by atoms with E-state index in [9.17, 15) is 14.4 Å². The summed E-state index contributed by atoms with van der Waals surface area (Å²) in [6, 6.07) is 21.0. The molecule has 0 atom stereocenters. The fourth-order valence-electron chi connectivity index (χ4n) is 3.56. The normalized spacial score (nSPS) is 13.4. The third-order valence-corrected chi connectivity index (χ3v) is 6.88. The van der Waals surface area contributed by atoms with Crippen LogP contribution in [0.3, 0.4) is 0 Å². The van der Waals surface area contributed by atoms with Crippen molar-refractivity contribution < 1.29 is 19.1 Å². The number of nitrogens with zero attached hydrogens (tertiary/aromatic N) is 1. The number of unbranched alkanes of at least 4 members (excludes halogenated alkanes) is 1. The monoisotopic (exact) mass is 520 g/mol. The van der Waals surface area contributed by atoms with Gasteiger partial charge in [0.05, 0.1) is 17.9 Å². The van der Waals surface area contributed by atoms with Gasteiger partial charge >= 0.3 is 5.97 Å². The second-order valence-corrected chi connectivity index (χ2v) is 9.71. The molecule has 184 valence electrons. The van der Waals surface area contributed by atoms with Gasteiger partial charge in [0.15, 0.2) is 0 Å². The Morgan fingerprint density at radius 3 is 2.42 bits per heavy atom. The average molecular weight is 521 g/mol. The second kappa shape index (κ2) is 11.5. The van der Waals surface area contributed by atoms with Crippen molar-refractivity contribution in [3.8, 4) is 0 Å². The first-order valence-corrected chi connectivity index (χ1v) is 12.7. The van der Waals surface area contributed by atoms with Gasteiger partial charge in [0.25, 0.3) is 11.8 Å². The molecule has 0 spiro atoms. The summed E-state index contributed by atoms with van der Waals surface area (Å²) >= 11 is 7.39. The summed E-state index contributed by atoms with van der Waals surface area (Å²) in [4.78, 5) is 41.5. The molecule has 36 heavy (non-hydrogen) atoms. The first-order valence-electron chi connectivity index (χ1n) is 11.6. The molecule has 1 aliphatic heterocycles. The van der Waals surface area contributed by atoms with Gasteiger partial charge < -0.3 is 10.1 Å². The fourth-order valence-corrected chi connectivity index (χ4v) is 4.68. The Morgan fingerprint density at radius 2 is 1.72 bits per heavy atom. The van der Waals surface area contributed by atoms with E-state index in [1.165, 1.54) is 11.8 Å². The zero-order valence-corrected chi connectivity index (χ0v) is 21.5. The minimum Gasteiger partial charge on any atom is -0.462 e. The van der Waals surface area contributed by atoms with Gasteiger partial charge in [-0.1, -0.05) is 61.0 Å². The van der Waals surface area contributed by atoms with Crippen molar-refractivity contribution in [3.05, 3.63) is 99.5 Å². The number of ether oxygens (including phenoxy) is 1. The van der Waals surface area contributed by atoms with Crippen molar-refractivity contribution in [2.75, 3.05) is 16.8 Å². The molecule has 1 N–H and O–H groups in total. The molecule has 6 nitrogen and oxygen atoms in total. The molecule has 0 fully saturated rings. The molecule has 4 rings (SSSR count). The smallest absolute Gasteiger partial charge is 0.338 e. The van der Waals surface area contributed by atoms with Gasteiger partial charge in [-0.05, 0) is 67.4 Å². The number of esters is 1. The molecule has 8 heteroatoms. The molecule has 0 aromatic heterocycles. The van der Waals surface area contributed by atoms with Gasteiger partial charge in [-0.15, -0.1) is 0 Å². The Balaban J connectivity index is 1.64.